The molecule has 124 valence electrons. The van der Waals surface area contributed by atoms with E-state index in [9.17, 15) is 13.2 Å². The van der Waals surface area contributed by atoms with Crippen LogP contribution in [0.5, 0.6) is 0 Å². The average Bonchev–Trinajstić information content (AvgIpc) is 2.93. The molecule has 9 nitrogen and oxygen atoms in total. The van der Waals surface area contributed by atoms with Gasteiger partial charge in [0.25, 0.3) is 10.0 Å². The summed E-state index contributed by atoms with van der Waals surface area (Å²) < 4.78 is 29.3. The summed E-state index contributed by atoms with van der Waals surface area (Å²) in [6.07, 6.45) is 0.979. The van der Waals surface area contributed by atoms with Gasteiger partial charge in [-0.05, 0) is 26.3 Å². The van der Waals surface area contributed by atoms with Crippen LogP contribution < -0.4 is 5.14 Å². The zero-order valence-corrected chi connectivity index (χ0v) is 13.3. The number of sulfonamides is 1. The van der Waals surface area contributed by atoms with Crippen molar-refractivity contribution in [2.75, 3.05) is 13.2 Å². The zero-order valence-electron chi connectivity index (χ0n) is 12.5. The van der Waals surface area contributed by atoms with Crippen molar-refractivity contribution < 1.29 is 23.1 Å². The Morgan fingerprint density at radius 3 is 2.77 bits per heavy atom. The number of rotatable bonds is 5. The van der Waals surface area contributed by atoms with E-state index in [1.54, 1.807) is 0 Å². The van der Waals surface area contributed by atoms with Gasteiger partial charge in [-0.3, -0.25) is 4.68 Å². The largest absolute Gasteiger partial charge is 0.465 e. The molecule has 2 heterocycles. The molecular weight excluding hydrogens is 312 g/mol. The van der Waals surface area contributed by atoms with Gasteiger partial charge in [-0.1, -0.05) is 0 Å². The molecule has 1 aromatic rings. The monoisotopic (exact) mass is 332 g/mol. The molecule has 10 heteroatoms. The Morgan fingerprint density at radius 2 is 2.27 bits per heavy atom. The van der Waals surface area contributed by atoms with Crippen LogP contribution in [0.3, 0.4) is 0 Å². The van der Waals surface area contributed by atoms with E-state index >= 15 is 0 Å². The maximum Gasteiger partial charge on any atom is 0.407 e. The Morgan fingerprint density at radius 1 is 1.59 bits per heavy atom. The number of hydrogen-bond donors (Lipinski definition) is 2. The number of carbonyl (C=O) groups is 1. The fraction of sp³-hybridized carbons (Fsp3) is 0.667. The number of ether oxygens (including phenoxy) is 1. The Bertz CT molecular complexity index is 654. The molecule has 0 aliphatic carbocycles. The van der Waals surface area contributed by atoms with Crippen molar-refractivity contribution >= 4 is 16.1 Å². The minimum absolute atomic E-state index is 0.181. The molecule has 0 radical (unpaired) electrons. The molecule has 1 aliphatic rings. The van der Waals surface area contributed by atoms with Crippen molar-refractivity contribution in [3.63, 3.8) is 0 Å². The summed E-state index contributed by atoms with van der Waals surface area (Å²) in [6.45, 7) is 4.70. The van der Waals surface area contributed by atoms with Crippen LogP contribution in [0, 0.1) is 0 Å². The number of carboxylic acid groups (broad SMARTS) is 1. The first-order chi connectivity index (χ1) is 10.1. The molecule has 0 saturated carbocycles. The Labute approximate surface area is 128 Å². The quantitative estimate of drug-likeness (QED) is 0.786. The van der Waals surface area contributed by atoms with Crippen LogP contribution in [0.2, 0.25) is 0 Å². The van der Waals surface area contributed by atoms with Crippen molar-refractivity contribution in [1.29, 1.82) is 0 Å². The summed E-state index contributed by atoms with van der Waals surface area (Å²) in [5.41, 5.74) is -0.455. The van der Waals surface area contributed by atoms with Gasteiger partial charge in [0.1, 0.15) is 0 Å². The average molecular weight is 332 g/mol. The van der Waals surface area contributed by atoms with Gasteiger partial charge in [-0.25, -0.2) is 18.4 Å². The van der Waals surface area contributed by atoms with Crippen molar-refractivity contribution in [3.05, 3.63) is 12.3 Å². The standard InChI is InChI=1S/C12H20N4O5S/c1-12(2)7-9(8-16(12)11(17)18)21-6-5-15-4-3-10(14-15)22(13,19)20/h3-4,9H,5-8H2,1-2H3,(H,17,18)(H2,13,19,20)/t9-/m0/s1. The number of primary sulfonamides is 1. The van der Waals surface area contributed by atoms with Crippen LogP contribution in [0.15, 0.2) is 17.3 Å². The Kier molecular flexibility index (Phi) is 4.45. The van der Waals surface area contributed by atoms with Gasteiger partial charge in [0.05, 0.1) is 25.8 Å². The van der Waals surface area contributed by atoms with Crippen molar-refractivity contribution in [2.24, 2.45) is 5.14 Å². The molecule has 22 heavy (non-hydrogen) atoms. The molecule has 0 unspecified atom stereocenters. The third-order valence-corrected chi connectivity index (χ3v) is 4.46. The van der Waals surface area contributed by atoms with Gasteiger partial charge >= 0.3 is 6.09 Å². The summed E-state index contributed by atoms with van der Waals surface area (Å²) in [7, 11) is -3.80. The van der Waals surface area contributed by atoms with Crippen LogP contribution in [0.4, 0.5) is 4.79 Å². The minimum atomic E-state index is -3.80. The third kappa shape index (κ3) is 3.76. The highest BCUT2D eigenvalue weighted by atomic mass is 32.2. The maximum absolute atomic E-state index is 11.1. The summed E-state index contributed by atoms with van der Waals surface area (Å²) in [6, 6.07) is 1.32. The number of aromatic nitrogens is 2. The van der Waals surface area contributed by atoms with E-state index in [2.05, 4.69) is 5.10 Å². The van der Waals surface area contributed by atoms with Crippen LogP contribution in [0.25, 0.3) is 0 Å². The third-order valence-electron chi connectivity index (χ3n) is 3.66. The minimum Gasteiger partial charge on any atom is -0.465 e. The van der Waals surface area contributed by atoms with Crippen molar-refractivity contribution in [3.8, 4) is 0 Å². The summed E-state index contributed by atoms with van der Waals surface area (Å²) >= 11 is 0. The lowest BCUT2D eigenvalue weighted by Crippen LogP contribution is -2.41. The number of amides is 1. The number of nitrogens with zero attached hydrogens (tertiary/aromatic N) is 3. The summed E-state index contributed by atoms with van der Waals surface area (Å²) in [5, 5.41) is 17.8. The smallest absolute Gasteiger partial charge is 0.407 e. The molecule has 0 spiro atoms. The van der Waals surface area contributed by atoms with E-state index in [0.29, 0.717) is 26.1 Å². The molecule has 3 N–H and O–H groups in total. The SMILES string of the molecule is CC1(C)C[C@H](OCCn2ccc(S(N)(=O)=O)n2)CN1C(=O)O. The second kappa shape index (κ2) is 5.86. The molecule has 1 aromatic heterocycles. The van der Waals surface area contributed by atoms with Gasteiger partial charge in [-0.2, -0.15) is 5.10 Å². The first kappa shape index (κ1) is 16.7. The fourth-order valence-electron chi connectivity index (χ4n) is 2.56. The van der Waals surface area contributed by atoms with E-state index in [0.717, 1.165) is 0 Å². The number of likely N-dealkylation sites (tertiary alicyclic amines) is 1. The zero-order chi connectivity index (χ0) is 16.5. The highest BCUT2D eigenvalue weighted by molar-refractivity contribution is 7.89. The number of hydrogen-bond acceptors (Lipinski definition) is 5. The van der Waals surface area contributed by atoms with Crippen LogP contribution in [-0.4, -0.2) is 59.1 Å². The van der Waals surface area contributed by atoms with E-state index in [1.165, 1.54) is 21.8 Å². The number of nitrogens with two attached hydrogens (primary N) is 1. The Balaban J connectivity index is 1.85. The van der Waals surface area contributed by atoms with Crippen LogP contribution in [-0.2, 0) is 21.3 Å². The fourth-order valence-corrected chi connectivity index (χ4v) is 3.03. The molecule has 1 atom stereocenters. The molecule has 2 rings (SSSR count). The lowest BCUT2D eigenvalue weighted by atomic mass is 10.0. The summed E-state index contributed by atoms with van der Waals surface area (Å²) in [5.74, 6) is 0. The lowest BCUT2D eigenvalue weighted by Gasteiger charge is -2.27. The van der Waals surface area contributed by atoms with Gasteiger partial charge in [0, 0.05) is 11.7 Å². The maximum atomic E-state index is 11.1. The van der Waals surface area contributed by atoms with E-state index in [-0.39, 0.29) is 11.1 Å². The van der Waals surface area contributed by atoms with Gasteiger partial charge in [-0.15, -0.1) is 0 Å². The van der Waals surface area contributed by atoms with E-state index < -0.39 is 21.7 Å². The second-order valence-corrected chi connectivity index (χ2v) is 7.37. The molecule has 1 amide bonds. The highest BCUT2D eigenvalue weighted by Crippen LogP contribution is 2.30. The predicted molar refractivity (Wildman–Crippen MR) is 76.8 cm³/mol. The molecule has 1 saturated heterocycles. The predicted octanol–water partition coefficient (Wildman–Crippen LogP) is 0.0780. The topological polar surface area (TPSA) is 128 Å². The molecule has 0 bridgehead atoms. The summed E-state index contributed by atoms with van der Waals surface area (Å²) in [4.78, 5) is 12.5. The Hall–Kier alpha value is -1.65. The molecular formula is C12H20N4O5S. The van der Waals surface area contributed by atoms with Crippen LogP contribution in [0.1, 0.15) is 20.3 Å². The van der Waals surface area contributed by atoms with E-state index in [4.69, 9.17) is 15.0 Å². The van der Waals surface area contributed by atoms with Crippen LogP contribution >= 0.6 is 0 Å². The van der Waals surface area contributed by atoms with Gasteiger partial charge in [0.2, 0.25) is 0 Å². The first-order valence-electron chi connectivity index (χ1n) is 6.78. The van der Waals surface area contributed by atoms with Gasteiger partial charge < -0.3 is 14.7 Å². The van der Waals surface area contributed by atoms with E-state index in [1.807, 2.05) is 13.8 Å². The van der Waals surface area contributed by atoms with Crippen molar-refractivity contribution in [1.82, 2.24) is 14.7 Å². The molecule has 1 aliphatic heterocycles. The van der Waals surface area contributed by atoms with Crippen molar-refractivity contribution in [2.45, 2.75) is 43.5 Å². The highest BCUT2D eigenvalue weighted by Gasteiger charge is 2.41. The lowest BCUT2D eigenvalue weighted by molar-refractivity contribution is 0.0517. The van der Waals surface area contributed by atoms with Gasteiger partial charge in [0.15, 0.2) is 5.03 Å². The second-order valence-electron chi connectivity index (χ2n) is 5.86. The normalized spacial score (nSPS) is 21.2. The molecule has 0 aromatic carbocycles. The first-order valence-corrected chi connectivity index (χ1v) is 8.33. The molecule has 1 fully saturated rings.